The molecule has 0 unspecified atom stereocenters. The minimum atomic E-state index is -0.292. The first-order chi connectivity index (χ1) is 18.1. The number of fused-ring (bicyclic) bond motifs is 1. The van der Waals surface area contributed by atoms with Crippen molar-refractivity contribution < 1.29 is 9.13 Å². The molecule has 0 bridgehead atoms. The summed E-state index contributed by atoms with van der Waals surface area (Å²) in [5.41, 5.74) is 2.39. The quantitative estimate of drug-likeness (QED) is 0.259. The van der Waals surface area contributed by atoms with Crippen molar-refractivity contribution in [2.75, 3.05) is 18.4 Å². The van der Waals surface area contributed by atoms with Gasteiger partial charge in [-0.15, -0.1) is 11.3 Å². The number of hydrogen-bond donors (Lipinski definition) is 1. The van der Waals surface area contributed by atoms with Gasteiger partial charge in [-0.3, -0.25) is 4.90 Å². The molecule has 8 heteroatoms. The van der Waals surface area contributed by atoms with Gasteiger partial charge in [0.15, 0.2) is 5.82 Å². The Morgan fingerprint density at radius 2 is 2.05 bits per heavy atom. The van der Waals surface area contributed by atoms with E-state index in [-0.39, 0.29) is 12.4 Å². The van der Waals surface area contributed by atoms with Crippen LogP contribution in [0.2, 0.25) is 5.02 Å². The lowest BCUT2D eigenvalue weighted by atomic mass is 10.2. The van der Waals surface area contributed by atoms with Crippen molar-refractivity contribution in [2.24, 2.45) is 5.92 Å². The number of hydrogen-bond acceptors (Lipinski definition) is 6. The molecule has 0 radical (unpaired) electrons. The zero-order valence-electron chi connectivity index (χ0n) is 20.2. The molecule has 1 N–H and O–H groups in total. The van der Waals surface area contributed by atoms with Gasteiger partial charge in [0.2, 0.25) is 0 Å². The first kappa shape index (κ1) is 24.2. The van der Waals surface area contributed by atoms with Crippen LogP contribution in [0, 0.1) is 23.6 Å². The van der Waals surface area contributed by atoms with Crippen molar-refractivity contribution in [2.45, 2.75) is 38.3 Å². The summed E-state index contributed by atoms with van der Waals surface area (Å²) >= 11 is 8.07. The van der Waals surface area contributed by atoms with Gasteiger partial charge in [0, 0.05) is 12.2 Å². The first-order valence-corrected chi connectivity index (χ1v) is 13.7. The second-order valence-corrected chi connectivity index (χ2v) is 11.1. The average Bonchev–Trinajstić information content (AvgIpc) is 3.42. The van der Waals surface area contributed by atoms with Crippen LogP contribution >= 0.6 is 22.9 Å². The van der Waals surface area contributed by atoms with Crippen molar-refractivity contribution in [1.82, 2.24) is 14.9 Å². The molecule has 1 saturated heterocycles. The van der Waals surface area contributed by atoms with E-state index in [9.17, 15) is 4.39 Å². The van der Waals surface area contributed by atoms with Gasteiger partial charge in [0.05, 0.1) is 26.2 Å². The molecule has 2 fully saturated rings. The Kier molecular flexibility index (Phi) is 6.97. The number of thiophene rings is 1. The lowest BCUT2D eigenvalue weighted by molar-refractivity contribution is 0.284. The molecular weight excluding hydrogens is 507 g/mol. The summed E-state index contributed by atoms with van der Waals surface area (Å²) in [5, 5.41) is 3.81. The highest BCUT2D eigenvalue weighted by molar-refractivity contribution is 7.20. The second-order valence-electron chi connectivity index (χ2n) is 9.60. The molecule has 188 valence electrons. The van der Waals surface area contributed by atoms with Crippen LogP contribution in [0.25, 0.3) is 10.2 Å². The summed E-state index contributed by atoms with van der Waals surface area (Å²) < 4.78 is 20.2. The molecule has 0 amide bonds. The summed E-state index contributed by atoms with van der Waals surface area (Å²) in [6, 6.07) is 14.2. The lowest BCUT2D eigenvalue weighted by Gasteiger charge is -2.19. The number of benzene rings is 2. The molecule has 3 heterocycles. The van der Waals surface area contributed by atoms with Gasteiger partial charge in [-0.2, -0.15) is 0 Å². The molecular formula is C29H26ClFN4OS. The van der Waals surface area contributed by atoms with Crippen LogP contribution in [0.1, 0.15) is 36.1 Å². The van der Waals surface area contributed by atoms with E-state index < -0.39 is 0 Å². The highest BCUT2D eigenvalue weighted by Crippen LogP contribution is 2.34. The maximum atomic E-state index is 13.4. The van der Waals surface area contributed by atoms with Crippen LogP contribution in [0.15, 0.2) is 54.9 Å². The first-order valence-electron chi connectivity index (χ1n) is 12.5. The molecule has 1 atom stereocenters. The molecule has 4 aromatic rings. The van der Waals surface area contributed by atoms with Crippen LogP contribution in [0.4, 0.5) is 15.9 Å². The zero-order chi connectivity index (χ0) is 25.2. The predicted octanol–water partition coefficient (Wildman–Crippen LogP) is 7.03. The molecule has 6 rings (SSSR count). The van der Waals surface area contributed by atoms with Crippen molar-refractivity contribution in [1.29, 1.82) is 0 Å². The summed E-state index contributed by atoms with van der Waals surface area (Å²) in [4.78, 5) is 12.5. The molecule has 1 saturated carbocycles. The fourth-order valence-electron chi connectivity index (χ4n) is 4.62. The monoisotopic (exact) mass is 532 g/mol. The van der Waals surface area contributed by atoms with E-state index in [1.807, 2.05) is 18.2 Å². The number of anilines is 2. The maximum absolute atomic E-state index is 13.4. The van der Waals surface area contributed by atoms with Crippen LogP contribution in [0.5, 0.6) is 5.75 Å². The lowest BCUT2D eigenvalue weighted by Crippen LogP contribution is -2.30. The van der Waals surface area contributed by atoms with E-state index in [1.165, 1.54) is 44.5 Å². The largest absolute Gasteiger partial charge is 0.487 e. The number of rotatable bonds is 7. The molecule has 37 heavy (non-hydrogen) atoms. The Morgan fingerprint density at radius 3 is 2.89 bits per heavy atom. The van der Waals surface area contributed by atoms with Gasteiger partial charge in [-0.05, 0) is 80.1 Å². The van der Waals surface area contributed by atoms with Gasteiger partial charge >= 0.3 is 0 Å². The number of aromatic nitrogens is 2. The highest BCUT2D eigenvalue weighted by Gasteiger charge is 2.30. The molecule has 1 aliphatic heterocycles. The zero-order valence-corrected chi connectivity index (χ0v) is 21.8. The standard InChI is InChI=1S/C29H26ClFN4OS/c30-25-14-22(8-11-27(25)36-17-20-3-1-4-21(31)13-20)34-29-28-26(32-18-33-29)15-24(37-28)10-9-23-5-2-12-35(23)16-19-6-7-19/h1,3-4,8,11,13-15,18-19,23H,2,5-7,12,16-17H2,(H,32,33,34)/t23-/m1/s1. The van der Waals surface area contributed by atoms with Crippen LogP contribution in [-0.2, 0) is 6.61 Å². The minimum absolute atomic E-state index is 0.231. The third-order valence-electron chi connectivity index (χ3n) is 6.70. The number of nitrogens with zero attached hydrogens (tertiary/aromatic N) is 3. The van der Waals surface area contributed by atoms with Gasteiger partial charge in [0.25, 0.3) is 0 Å². The van der Waals surface area contributed by atoms with E-state index in [2.05, 4.69) is 32.0 Å². The van der Waals surface area contributed by atoms with E-state index in [1.54, 1.807) is 35.9 Å². The van der Waals surface area contributed by atoms with Gasteiger partial charge in [0.1, 0.15) is 24.5 Å². The maximum Gasteiger partial charge on any atom is 0.151 e. The fourth-order valence-corrected chi connectivity index (χ4v) is 5.77. The Morgan fingerprint density at radius 1 is 1.14 bits per heavy atom. The van der Waals surface area contributed by atoms with Crippen molar-refractivity contribution in [3.05, 3.63) is 76.1 Å². The molecule has 5 nitrogen and oxygen atoms in total. The minimum Gasteiger partial charge on any atom is -0.487 e. The average molecular weight is 533 g/mol. The van der Waals surface area contributed by atoms with Gasteiger partial charge in [-0.1, -0.05) is 35.6 Å². The fraction of sp³-hybridized carbons (Fsp3) is 0.310. The number of ether oxygens (including phenoxy) is 1. The summed E-state index contributed by atoms with van der Waals surface area (Å²) in [5.74, 6) is 8.76. The predicted molar refractivity (Wildman–Crippen MR) is 147 cm³/mol. The summed E-state index contributed by atoms with van der Waals surface area (Å²) in [6.07, 6.45) is 6.69. The normalized spacial score (nSPS) is 17.5. The third kappa shape index (κ3) is 5.88. The summed E-state index contributed by atoms with van der Waals surface area (Å²) in [6.45, 7) is 2.59. The summed E-state index contributed by atoms with van der Waals surface area (Å²) in [7, 11) is 0. The number of nitrogens with one attached hydrogen (secondary N) is 1. The van der Waals surface area contributed by atoms with E-state index in [0.29, 0.717) is 22.6 Å². The highest BCUT2D eigenvalue weighted by atomic mass is 35.5. The second kappa shape index (κ2) is 10.7. The molecule has 2 aliphatic rings. The van der Waals surface area contributed by atoms with Gasteiger partial charge in [-0.25, -0.2) is 14.4 Å². The van der Waals surface area contributed by atoms with Crippen molar-refractivity contribution in [3.8, 4) is 17.6 Å². The van der Waals surface area contributed by atoms with E-state index in [0.717, 1.165) is 38.7 Å². The number of halogens is 2. The van der Waals surface area contributed by atoms with E-state index in [4.69, 9.17) is 16.3 Å². The Balaban J connectivity index is 1.15. The van der Waals surface area contributed by atoms with Crippen LogP contribution in [-0.4, -0.2) is 34.0 Å². The Labute approximate surface area is 224 Å². The molecule has 2 aromatic carbocycles. The Bertz CT molecular complexity index is 1490. The number of likely N-dealkylation sites (tertiary alicyclic amines) is 1. The Hall–Kier alpha value is -3.18. The van der Waals surface area contributed by atoms with Crippen LogP contribution < -0.4 is 10.1 Å². The van der Waals surface area contributed by atoms with Crippen LogP contribution in [0.3, 0.4) is 0 Å². The smallest absolute Gasteiger partial charge is 0.151 e. The third-order valence-corrected chi connectivity index (χ3v) is 8.05. The molecule has 0 spiro atoms. The van der Waals surface area contributed by atoms with Gasteiger partial charge < -0.3 is 10.1 Å². The molecule has 1 aliphatic carbocycles. The SMILES string of the molecule is Fc1cccc(COc2ccc(Nc3ncnc4cc(C#C[C@H]5CCCN5CC5CC5)sc34)cc2Cl)c1. The van der Waals surface area contributed by atoms with Crippen molar-refractivity contribution in [3.63, 3.8) is 0 Å². The molecule has 2 aromatic heterocycles. The topological polar surface area (TPSA) is 50.3 Å². The van der Waals surface area contributed by atoms with Crippen molar-refractivity contribution >= 4 is 44.7 Å². The van der Waals surface area contributed by atoms with E-state index >= 15 is 0 Å².